The molecule has 0 saturated carbocycles. The van der Waals surface area contributed by atoms with Crippen LogP contribution in [0, 0.1) is 13.8 Å². The normalized spacial score (nSPS) is 21.1. The van der Waals surface area contributed by atoms with Gasteiger partial charge in [-0.25, -0.2) is 8.78 Å². The molecule has 0 bridgehead atoms. The van der Waals surface area contributed by atoms with E-state index in [9.17, 15) is 13.6 Å². The van der Waals surface area contributed by atoms with E-state index in [1.165, 1.54) is 9.78 Å². The van der Waals surface area contributed by atoms with E-state index in [1.807, 2.05) is 20.8 Å². The van der Waals surface area contributed by atoms with Crippen molar-refractivity contribution in [2.75, 3.05) is 26.3 Å². The van der Waals surface area contributed by atoms with Crippen molar-refractivity contribution < 1.29 is 18.3 Å². The van der Waals surface area contributed by atoms with Crippen LogP contribution < -0.4 is 5.32 Å². The minimum absolute atomic E-state index is 0.146. The van der Waals surface area contributed by atoms with Crippen molar-refractivity contribution in [1.29, 1.82) is 0 Å². The first-order chi connectivity index (χ1) is 10.4. The summed E-state index contributed by atoms with van der Waals surface area (Å²) in [5.74, 6) is -0.254. The molecule has 2 heterocycles. The first kappa shape index (κ1) is 17.3. The number of rotatable bonds is 5. The van der Waals surface area contributed by atoms with Crippen LogP contribution in [0.4, 0.5) is 8.78 Å². The predicted octanol–water partition coefficient (Wildman–Crippen LogP) is 2.51. The van der Waals surface area contributed by atoms with Gasteiger partial charge in [-0.05, 0) is 32.4 Å². The zero-order chi connectivity index (χ0) is 16.3. The highest BCUT2D eigenvalue weighted by atomic mass is 32.1. The number of carbonyl (C=O) groups excluding carboxylic acids is 1. The minimum atomic E-state index is -2.45. The zero-order valence-corrected chi connectivity index (χ0v) is 13.9. The van der Waals surface area contributed by atoms with Gasteiger partial charge in [0.1, 0.15) is 6.04 Å². The Morgan fingerprint density at radius 1 is 1.55 bits per heavy atom. The van der Waals surface area contributed by atoms with Gasteiger partial charge in [-0.3, -0.25) is 9.69 Å². The quantitative estimate of drug-likeness (QED) is 0.901. The SMILES string of the molecule is Cc1cc([C@H](C)NC(=O)[C@H]2COCCN2CC(F)F)c(C)s1. The largest absolute Gasteiger partial charge is 0.378 e. The van der Waals surface area contributed by atoms with Crippen molar-refractivity contribution in [3.63, 3.8) is 0 Å². The Morgan fingerprint density at radius 3 is 2.86 bits per heavy atom. The second kappa shape index (κ2) is 7.48. The van der Waals surface area contributed by atoms with Gasteiger partial charge in [0.25, 0.3) is 6.43 Å². The highest BCUT2D eigenvalue weighted by Gasteiger charge is 2.32. The molecule has 1 saturated heterocycles. The van der Waals surface area contributed by atoms with Crippen LogP contribution in [0.5, 0.6) is 0 Å². The molecule has 2 atom stereocenters. The minimum Gasteiger partial charge on any atom is -0.378 e. The molecular weight excluding hydrogens is 310 g/mol. The lowest BCUT2D eigenvalue weighted by molar-refractivity contribution is -0.134. The lowest BCUT2D eigenvalue weighted by Gasteiger charge is -2.34. The summed E-state index contributed by atoms with van der Waals surface area (Å²) in [6.07, 6.45) is -2.45. The number of hydrogen-bond acceptors (Lipinski definition) is 4. The summed E-state index contributed by atoms with van der Waals surface area (Å²) in [5.41, 5.74) is 1.08. The molecular formula is C15H22F2N2O2S. The lowest BCUT2D eigenvalue weighted by Crippen LogP contribution is -2.55. The van der Waals surface area contributed by atoms with Gasteiger partial charge < -0.3 is 10.1 Å². The number of nitrogens with one attached hydrogen (secondary N) is 1. The average Bonchev–Trinajstić information content (AvgIpc) is 2.77. The van der Waals surface area contributed by atoms with E-state index in [0.717, 1.165) is 10.4 Å². The van der Waals surface area contributed by atoms with Gasteiger partial charge in [-0.15, -0.1) is 11.3 Å². The first-order valence-corrected chi connectivity index (χ1v) is 8.17. The van der Waals surface area contributed by atoms with Crippen LogP contribution in [0.2, 0.25) is 0 Å². The Morgan fingerprint density at radius 2 is 2.27 bits per heavy atom. The monoisotopic (exact) mass is 332 g/mol. The highest BCUT2D eigenvalue weighted by Crippen LogP contribution is 2.26. The Bertz CT molecular complexity index is 522. The fourth-order valence-electron chi connectivity index (χ4n) is 2.74. The number of amides is 1. The van der Waals surface area contributed by atoms with Crippen molar-refractivity contribution in [2.24, 2.45) is 0 Å². The smallest absolute Gasteiger partial charge is 0.251 e. The summed E-state index contributed by atoms with van der Waals surface area (Å²) in [7, 11) is 0. The van der Waals surface area contributed by atoms with Gasteiger partial charge in [0.05, 0.1) is 25.8 Å². The number of thiophene rings is 1. The number of nitrogens with zero attached hydrogens (tertiary/aromatic N) is 1. The Kier molecular flexibility index (Phi) is 5.88. The van der Waals surface area contributed by atoms with E-state index in [0.29, 0.717) is 13.2 Å². The number of carbonyl (C=O) groups is 1. The fourth-order valence-corrected chi connectivity index (χ4v) is 3.77. The number of ether oxygens (including phenoxy) is 1. The molecule has 22 heavy (non-hydrogen) atoms. The fraction of sp³-hybridized carbons (Fsp3) is 0.667. The molecule has 124 valence electrons. The van der Waals surface area contributed by atoms with Crippen LogP contribution >= 0.6 is 11.3 Å². The summed E-state index contributed by atoms with van der Waals surface area (Å²) in [6.45, 7) is 6.45. The van der Waals surface area contributed by atoms with Gasteiger partial charge in [-0.1, -0.05) is 0 Å². The number of alkyl halides is 2. The predicted molar refractivity (Wildman–Crippen MR) is 82.5 cm³/mol. The Labute approximate surface area is 133 Å². The van der Waals surface area contributed by atoms with Crippen molar-refractivity contribution in [1.82, 2.24) is 10.2 Å². The summed E-state index contributed by atoms with van der Waals surface area (Å²) in [4.78, 5) is 16.3. The number of aryl methyl sites for hydroxylation is 2. The molecule has 4 nitrogen and oxygen atoms in total. The standard InChI is InChI=1S/C15H22F2N2O2S/c1-9-6-12(11(3)22-9)10(2)18-15(20)13-8-21-5-4-19(13)7-14(16)17/h6,10,13-14H,4-5,7-8H2,1-3H3,(H,18,20)/t10-,13+/m0/s1. The molecule has 1 amide bonds. The molecule has 0 aliphatic carbocycles. The Balaban J connectivity index is 2.01. The summed E-state index contributed by atoms with van der Waals surface area (Å²) in [5, 5.41) is 2.92. The van der Waals surface area contributed by atoms with Crippen LogP contribution in [-0.2, 0) is 9.53 Å². The summed E-state index contributed by atoms with van der Waals surface area (Å²) in [6, 6.07) is 1.26. The average molecular weight is 332 g/mol. The van der Waals surface area contributed by atoms with E-state index in [-0.39, 0.29) is 18.6 Å². The van der Waals surface area contributed by atoms with Crippen LogP contribution in [0.1, 0.15) is 28.3 Å². The number of halogens is 2. The van der Waals surface area contributed by atoms with Crippen LogP contribution in [0.25, 0.3) is 0 Å². The van der Waals surface area contributed by atoms with Crippen molar-refractivity contribution >= 4 is 17.2 Å². The maximum Gasteiger partial charge on any atom is 0.251 e. The molecule has 2 rings (SSSR count). The molecule has 1 aliphatic rings. The zero-order valence-electron chi connectivity index (χ0n) is 13.1. The van der Waals surface area contributed by atoms with Crippen LogP contribution in [0.15, 0.2) is 6.07 Å². The summed E-state index contributed by atoms with van der Waals surface area (Å²) >= 11 is 1.68. The van der Waals surface area contributed by atoms with Crippen molar-refractivity contribution in [2.45, 2.75) is 39.3 Å². The summed E-state index contributed by atoms with van der Waals surface area (Å²) < 4.78 is 30.5. The van der Waals surface area contributed by atoms with Gasteiger partial charge in [0.2, 0.25) is 5.91 Å². The van der Waals surface area contributed by atoms with Crippen LogP contribution in [-0.4, -0.2) is 49.6 Å². The van der Waals surface area contributed by atoms with E-state index >= 15 is 0 Å². The third-order valence-electron chi connectivity index (χ3n) is 3.82. The molecule has 0 unspecified atom stereocenters. The number of hydrogen-bond donors (Lipinski definition) is 1. The molecule has 1 aromatic heterocycles. The third kappa shape index (κ3) is 4.24. The van der Waals surface area contributed by atoms with Gasteiger partial charge >= 0.3 is 0 Å². The third-order valence-corrected chi connectivity index (χ3v) is 4.80. The maximum absolute atomic E-state index is 12.6. The molecule has 1 N–H and O–H groups in total. The molecule has 0 aromatic carbocycles. The first-order valence-electron chi connectivity index (χ1n) is 7.35. The van der Waals surface area contributed by atoms with Crippen molar-refractivity contribution in [3.05, 3.63) is 21.4 Å². The molecule has 7 heteroatoms. The van der Waals surface area contributed by atoms with Gasteiger partial charge in [0, 0.05) is 16.3 Å². The molecule has 1 aliphatic heterocycles. The number of morpholine rings is 1. The van der Waals surface area contributed by atoms with E-state index in [1.54, 1.807) is 11.3 Å². The molecule has 1 fully saturated rings. The Hall–Kier alpha value is -1.05. The van der Waals surface area contributed by atoms with Crippen LogP contribution in [0.3, 0.4) is 0 Å². The lowest BCUT2D eigenvalue weighted by atomic mass is 10.1. The van der Waals surface area contributed by atoms with Gasteiger partial charge in [0.15, 0.2) is 0 Å². The molecule has 0 spiro atoms. The topological polar surface area (TPSA) is 41.6 Å². The highest BCUT2D eigenvalue weighted by molar-refractivity contribution is 7.12. The van der Waals surface area contributed by atoms with Gasteiger partial charge in [-0.2, -0.15) is 0 Å². The molecule has 0 radical (unpaired) electrons. The maximum atomic E-state index is 12.6. The second-order valence-corrected chi connectivity index (χ2v) is 7.04. The van der Waals surface area contributed by atoms with E-state index in [2.05, 4.69) is 11.4 Å². The second-order valence-electron chi connectivity index (χ2n) is 5.58. The van der Waals surface area contributed by atoms with E-state index in [4.69, 9.17) is 4.74 Å². The van der Waals surface area contributed by atoms with Crippen molar-refractivity contribution in [3.8, 4) is 0 Å². The molecule has 1 aromatic rings. The van der Waals surface area contributed by atoms with E-state index < -0.39 is 19.0 Å².